The summed E-state index contributed by atoms with van der Waals surface area (Å²) in [5.41, 5.74) is 0. The quantitative estimate of drug-likeness (QED) is 0.608. The number of ether oxygens (including phenoxy) is 1. The molecule has 0 aliphatic carbocycles. The fourth-order valence-corrected chi connectivity index (χ4v) is 1.33. The van der Waals surface area contributed by atoms with E-state index in [1.54, 1.807) is 7.11 Å². The van der Waals surface area contributed by atoms with Gasteiger partial charge in [-0.1, -0.05) is 13.8 Å². The first-order chi connectivity index (χ1) is 5.25. The van der Waals surface area contributed by atoms with Crippen LogP contribution in [-0.4, -0.2) is 37.7 Å². The standard InChI is InChI=1S/C7H15NO.C2H6/c1-6-4-7(5-9-3)8(6)2;1-2/h6-7H,4-5H2,1-3H3;1-2H3. The van der Waals surface area contributed by atoms with Crippen molar-refractivity contribution >= 4 is 0 Å². The van der Waals surface area contributed by atoms with Gasteiger partial charge in [0.25, 0.3) is 0 Å². The lowest BCUT2D eigenvalue weighted by Gasteiger charge is -2.44. The number of methoxy groups -OCH3 is 1. The second kappa shape index (κ2) is 5.56. The highest BCUT2D eigenvalue weighted by atomic mass is 16.5. The molecule has 1 aliphatic heterocycles. The van der Waals surface area contributed by atoms with E-state index in [0.717, 1.165) is 12.6 Å². The van der Waals surface area contributed by atoms with E-state index in [2.05, 4.69) is 18.9 Å². The minimum absolute atomic E-state index is 0.685. The first kappa shape index (κ1) is 10.9. The van der Waals surface area contributed by atoms with Crippen LogP contribution in [0.1, 0.15) is 27.2 Å². The van der Waals surface area contributed by atoms with Crippen molar-refractivity contribution in [3.63, 3.8) is 0 Å². The molecule has 0 radical (unpaired) electrons. The monoisotopic (exact) mass is 159 g/mol. The molecule has 2 heteroatoms. The highest BCUT2D eigenvalue weighted by Crippen LogP contribution is 2.22. The molecule has 68 valence electrons. The Kier molecular flexibility index (Phi) is 5.51. The van der Waals surface area contributed by atoms with Crippen molar-refractivity contribution in [1.29, 1.82) is 0 Å². The maximum Gasteiger partial charge on any atom is 0.0618 e. The Morgan fingerprint density at radius 1 is 1.45 bits per heavy atom. The third-order valence-electron chi connectivity index (χ3n) is 2.24. The summed E-state index contributed by atoms with van der Waals surface area (Å²) < 4.78 is 5.02. The molecule has 0 bridgehead atoms. The number of likely N-dealkylation sites (N-methyl/N-ethyl adjacent to an activating group) is 1. The van der Waals surface area contributed by atoms with Crippen molar-refractivity contribution in [2.45, 2.75) is 39.3 Å². The van der Waals surface area contributed by atoms with Crippen molar-refractivity contribution in [3.05, 3.63) is 0 Å². The minimum atomic E-state index is 0.685. The summed E-state index contributed by atoms with van der Waals surface area (Å²) in [4.78, 5) is 2.35. The van der Waals surface area contributed by atoms with Gasteiger partial charge in [-0.2, -0.15) is 0 Å². The Labute approximate surface area is 70.5 Å². The van der Waals surface area contributed by atoms with Crippen LogP contribution in [0.15, 0.2) is 0 Å². The van der Waals surface area contributed by atoms with E-state index in [4.69, 9.17) is 4.74 Å². The number of rotatable bonds is 2. The molecule has 1 aliphatic rings. The van der Waals surface area contributed by atoms with Gasteiger partial charge in [0.05, 0.1) is 6.61 Å². The highest BCUT2D eigenvalue weighted by Gasteiger charge is 2.30. The van der Waals surface area contributed by atoms with E-state index in [1.807, 2.05) is 13.8 Å². The molecule has 0 aromatic carbocycles. The Balaban J connectivity index is 0.000000461. The van der Waals surface area contributed by atoms with Gasteiger partial charge in [0, 0.05) is 19.2 Å². The van der Waals surface area contributed by atoms with Crippen molar-refractivity contribution in [2.24, 2.45) is 0 Å². The Morgan fingerprint density at radius 2 is 2.00 bits per heavy atom. The zero-order valence-corrected chi connectivity index (χ0v) is 8.42. The molecule has 0 amide bonds. The van der Waals surface area contributed by atoms with Crippen LogP contribution in [0.3, 0.4) is 0 Å². The lowest BCUT2D eigenvalue weighted by Crippen LogP contribution is -2.53. The van der Waals surface area contributed by atoms with E-state index in [-0.39, 0.29) is 0 Å². The number of likely N-dealkylation sites (tertiary alicyclic amines) is 1. The predicted octanol–water partition coefficient (Wildman–Crippen LogP) is 1.75. The van der Waals surface area contributed by atoms with Crippen LogP contribution in [0.5, 0.6) is 0 Å². The van der Waals surface area contributed by atoms with E-state index in [1.165, 1.54) is 6.42 Å². The first-order valence-electron chi connectivity index (χ1n) is 4.46. The summed E-state index contributed by atoms with van der Waals surface area (Å²) in [7, 11) is 3.91. The van der Waals surface area contributed by atoms with Gasteiger partial charge in [-0.3, -0.25) is 4.90 Å². The summed E-state index contributed by atoms with van der Waals surface area (Å²) in [5.74, 6) is 0. The zero-order chi connectivity index (χ0) is 8.85. The van der Waals surface area contributed by atoms with E-state index in [9.17, 15) is 0 Å². The second-order valence-corrected chi connectivity index (χ2v) is 2.86. The number of hydrogen-bond donors (Lipinski definition) is 0. The summed E-state index contributed by atoms with van der Waals surface area (Å²) in [5, 5.41) is 0. The second-order valence-electron chi connectivity index (χ2n) is 2.86. The molecule has 2 nitrogen and oxygen atoms in total. The van der Waals surface area contributed by atoms with E-state index < -0.39 is 0 Å². The molecule has 1 fully saturated rings. The Bertz CT molecular complexity index is 93.6. The largest absolute Gasteiger partial charge is 0.383 e. The zero-order valence-electron chi connectivity index (χ0n) is 8.42. The van der Waals surface area contributed by atoms with Crippen LogP contribution in [-0.2, 0) is 4.74 Å². The number of nitrogens with zero attached hydrogens (tertiary/aromatic N) is 1. The van der Waals surface area contributed by atoms with Gasteiger partial charge in [-0.15, -0.1) is 0 Å². The molecule has 0 aromatic rings. The van der Waals surface area contributed by atoms with Crippen LogP contribution in [0.2, 0.25) is 0 Å². The molecule has 2 unspecified atom stereocenters. The van der Waals surface area contributed by atoms with Gasteiger partial charge in [0.1, 0.15) is 0 Å². The topological polar surface area (TPSA) is 12.5 Å². The van der Waals surface area contributed by atoms with Gasteiger partial charge in [0.2, 0.25) is 0 Å². The normalized spacial score (nSPS) is 30.3. The van der Waals surface area contributed by atoms with Crippen molar-refractivity contribution in [1.82, 2.24) is 4.90 Å². The van der Waals surface area contributed by atoms with Crippen molar-refractivity contribution < 1.29 is 4.74 Å². The van der Waals surface area contributed by atoms with Gasteiger partial charge in [-0.05, 0) is 20.4 Å². The Morgan fingerprint density at radius 3 is 2.27 bits per heavy atom. The van der Waals surface area contributed by atoms with Crippen LogP contribution in [0.4, 0.5) is 0 Å². The summed E-state index contributed by atoms with van der Waals surface area (Å²) >= 11 is 0. The maximum absolute atomic E-state index is 5.02. The average Bonchev–Trinajstić information content (AvgIpc) is 2.08. The third kappa shape index (κ3) is 2.80. The molecule has 1 heterocycles. The molecule has 2 atom stereocenters. The average molecular weight is 159 g/mol. The van der Waals surface area contributed by atoms with E-state index >= 15 is 0 Å². The van der Waals surface area contributed by atoms with Gasteiger partial charge < -0.3 is 4.74 Å². The van der Waals surface area contributed by atoms with Crippen LogP contribution < -0.4 is 0 Å². The highest BCUT2D eigenvalue weighted by molar-refractivity contribution is 4.86. The maximum atomic E-state index is 5.02. The van der Waals surface area contributed by atoms with Crippen molar-refractivity contribution in [2.75, 3.05) is 20.8 Å². The first-order valence-corrected chi connectivity index (χ1v) is 4.46. The molecule has 0 aromatic heterocycles. The van der Waals surface area contributed by atoms with Crippen LogP contribution >= 0.6 is 0 Å². The lowest BCUT2D eigenvalue weighted by molar-refractivity contribution is 0.000783. The smallest absolute Gasteiger partial charge is 0.0618 e. The SMILES string of the molecule is CC.COCC1CC(C)N1C. The molecule has 11 heavy (non-hydrogen) atoms. The molecule has 0 saturated carbocycles. The fraction of sp³-hybridized carbons (Fsp3) is 1.00. The minimum Gasteiger partial charge on any atom is -0.383 e. The molecular formula is C9H21NO. The molecule has 1 saturated heterocycles. The van der Waals surface area contributed by atoms with Crippen LogP contribution in [0, 0.1) is 0 Å². The summed E-state index contributed by atoms with van der Waals surface area (Å²) in [6.45, 7) is 7.13. The predicted molar refractivity (Wildman–Crippen MR) is 48.9 cm³/mol. The molecule has 0 spiro atoms. The van der Waals surface area contributed by atoms with Crippen molar-refractivity contribution in [3.8, 4) is 0 Å². The summed E-state index contributed by atoms with van der Waals surface area (Å²) in [6.07, 6.45) is 1.30. The third-order valence-corrected chi connectivity index (χ3v) is 2.24. The molecule has 0 N–H and O–H groups in total. The van der Waals surface area contributed by atoms with Gasteiger partial charge in [0.15, 0.2) is 0 Å². The Hall–Kier alpha value is -0.0800. The van der Waals surface area contributed by atoms with Crippen LogP contribution in [0.25, 0.3) is 0 Å². The van der Waals surface area contributed by atoms with E-state index in [0.29, 0.717) is 6.04 Å². The molecule has 1 rings (SSSR count). The number of hydrogen-bond acceptors (Lipinski definition) is 2. The lowest BCUT2D eigenvalue weighted by atomic mass is 9.96. The summed E-state index contributed by atoms with van der Waals surface area (Å²) in [6, 6.07) is 1.45. The van der Waals surface area contributed by atoms with Gasteiger partial charge >= 0.3 is 0 Å². The van der Waals surface area contributed by atoms with Gasteiger partial charge in [-0.25, -0.2) is 0 Å². The molecular weight excluding hydrogens is 138 g/mol. The fourth-order valence-electron chi connectivity index (χ4n) is 1.33.